The molecule has 0 heterocycles. The van der Waals surface area contributed by atoms with Crippen LogP contribution in [0.1, 0.15) is 49.8 Å². The van der Waals surface area contributed by atoms with Gasteiger partial charge in [0, 0.05) is 0 Å². The van der Waals surface area contributed by atoms with Crippen LogP contribution in [-0.2, 0) is 19.3 Å². The average molecular weight is 228 g/mol. The Morgan fingerprint density at radius 3 is 2.71 bits per heavy atom. The minimum atomic E-state index is 0.664. The van der Waals surface area contributed by atoms with E-state index in [-0.39, 0.29) is 0 Å². The third kappa shape index (κ3) is 3.46. The fourth-order valence-corrected chi connectivity index (χ4v) is 2.72. The van der Waals surface area contributed by atoms with E-state index < -0.39 is 0 Å². The van der Waals surface area contributed by atoms with Crippen molar-refractivity contribution in [3.05, 3.63) is 47.0 Å². The predicted octanol–water partition coefficient (Wildman–Crippen LogP) is 4.71. The van der Waals surface area contributed by atoms with Crippen LogP contribution >= 0.6 is 0 Å². The van der Waals surface area contributed by atoms with Crippen LogP contribution in [0.2, 0.25) is 0 Å². The van der Waals surface area contributed by atoms with Gasteiger partial charge in [-0.05, 0) is 61.1 Å². The first kappa shape index (κ1) is 12.4. The maximum absolute atomic E-state index is 2.45. The topological polar surface area (TPSA) is 0 Å². The maximum Gasteiger partial charge on any atom is -0.0218 e. The van der Waals surface area contributed by atoms with E-state index in [1.807, 2.05) is 0 Å². The number of allylic oxidation sites excluding steroid dienone is 2. The summed E-state index contributed by atoms with van der Waals surface area (Å²) < 4.78 is 0. The zero-order valence-electron chi connectivity index (χ0n) is 11.2. The molecule has 0 spiro atoms. The van der Waals surface area contributed by atoms with Crippen LogP contribution in [0.15, 0.2) is 30.4 Å². The van der Waals surface area contributed by atoms with Gasteiger partial charge in [0.05, 0.1) is 0 Å². The zero-order chi connectivity index (χ0) is 12.1. The molecule has 92 valence electrons. The molecule has 0 aliphatic heterocycles. The van der Waals surface area contributed by atoms with E-state index in [0.29, 0.717) is 5.92 Å². The molecule has 0 radical (unpaired) electrons. The standard InChI is InChI=1S/C17H24/c1-3-4-7-14(2)12-15-10-11-16-8-5-6-9-17(16)13-15/h4,7,10-11,13-14H,3,5-6,8-9,12H2,1-2H3/b7-4-. The Kier molecular flexibility index (Phi) is 4.42. The summed E-state index contributed by atoms with van der Waals surface area (Å²) in [4.78, 5) is 0. The van der Waals surface area contributed by atoms with Crippen molar-refractivity contribution in [3.63, 3.8) is 0 Å². The third-order valence-corrected chi connectivity index (χ3v) is 3.67. The van der Waals surface area contributed by atoms with Gasteiger partial charge in [0.25, 0.3) is 0 Å². The van der Waals surface area contributed by atoms with Crippen LogP contribution in [-0.4, -0.2) is 0 Å². The minimum absolute atomic E-state index is 0.664. The van der Waals surface area contributed by atoms with Crippen LogP contribution in [0.5, 0.6) is 0 Å². The summed E-state index contributed by atoms with van der Waals surface area (Å²) in [5.74, 6) is 0.664. The van der Waals surface area contributed by atoms with E-state index in [4.69, 9.17) is 0 Å². The van der Waals surface area contributed by atoms with E-state index in [9.17, 15) is 0 Å². The molecule has 0 heteroatoms. The number of rotatable bonds is 4. The van der Waals surface area contributed by atoms with Crippen molar-refractivity contribution in [2.75, 3.05) is 0 Å². The van der Waals surface area contributed by atoms with Crippen molar-refractivity contribution in [1.82, 2.24) is 0 Å². The summed E-state index contributed by atoms with van der Waals surface area (Å²) in [5.41, 5.74) is 4.72. The smallest absolute Gasteiger partial charge is 0.0218 e. The molecule has 1 aliphatic rings. The third-order valence-electron chi connectivity index (χ3n) is 3.67. The van der Waals surface area contributed by atoms with E-state index in [1.165, 1.54) is 37.7 Å². The first-order chi connectivity index (χ1) is 8.29. The molecule has 0 amide bonds. The van der Waals surface area contributed by atoms with Gasteiger partial charge in [0.2, 0.25) is 0 Å². The van der Waals surface area contributed by atoms with Crippen molar-refractivity contribution < 1.29 is 0 Å². The molecule has 1 aromatic rings. The van der Waals surface area contributed by atoms with Crippen molar-refractivity contribution >= 4 is 0 Å². The van der Waals surface area contributed by atoms with Gasteiger partial charge in [0.1, 0.15) is 0 Å². The molecule has 0 saturated carbocycles. The summed E-state index contributed by atoms with van der Waals surface area (Å²) in [6.45, 7) is 4.51. The van der Waals surface area contributed by atoms with Crippen LogP contribution in [0, 0.1) is 5.92 Å². The Labute approximate surface area is 106 Å². The molecule has 0 bridgehead atoms. The average Bonchev–Trinajstić information content (AvgIpc) is 2.36. The Bertz CT molecular complexity index is 387. The predicted molar refractivity (Wildman–Crippen MR) is 75.4 cm³/mol. The Morgan fingerprint density at radius 1 is 1.18 bits per heavy atom. The minimum Gasteiger partial charge on any atom is -0.0885 e. The van der Waals surface area contributed by atoms with Crippen LogP contribution < -0.4 is 0 Å². The van der Waals surface area contributed by atoms with E-state index >= 15 is 0 Å². The monoisotopic (exact) mass is 228 g/mol. The van der Waals surface area contributed by atoms with Gasteiger partial charge in [-0.15, -0.1) is 0 Å². The maximum atomic E-state index is 2.45. The molecule has 0 nitrogen and oxygen atoms in total. The highest BCUT2D eigenvalue weighted by Crippen LogP contribution is 2.23. The summed E-state index contributed by atoms with van der Waals surface area (Å²) in [5, 5.41) is 0. The van der Waals surface area contributed by atoms with Crippen LogP contribution in [0.3, 0.4) is 0 Å². The molecule has 1 unspecified atom stereocenters. The summed E-state index contributed by atoms with van der Waals surface area (Å²) >= 11 is 0. The number of hydrogen-bond donors (Lipinski definition) is 0. The Hall–Kier alpha value is -1.04. The summed E-state index contributed by atoms with van der Waals surface area (Å²) in [6, 6.07) is 7.14. The molecule has 0 aromatic heterocycles. The second-order valence-corrected chi connectivity index (χ2v) is 5.33. The summed E-state index contributed by atoms with van der Waals surface area (Å²) in [7, 11) is 0. The second kappa shape index (κ2) is 6.05. The van der Waals surface area contributed by atoms with Gasteiger partial charge in [-0.3, -0.25) is 0 Å². The van der Waals surface area contributed by atoms with Gasteiger partial charge < -0.3 is 0 Å². The zero-order valence-corrected chi connectivity index (χ0v) is 11.2. The van der Waals surface area contributed by atoms with Crippen molar-refractivity contribution in [2.24, 2.45) is 5.92 Å². The lowest BCUT2D eigenvalue weighted by Gasteiger charge is -2.17. The first-order valence-electron chi connectivity index (χ1n) is 7.07. The molecule has 17 heavy (non-hydrogen) atoms. The normalized spacial score (nSPS) is 17.1. The highest BCUT2D eigenvalue weighted by atomic mass is 14.1. The molecule has 1 atom stereocenters. The first-order valence-corrected chi connectivity index (χ1v) is 7.07. The fourth-order valence-electron chi connectivity index (χ4n) is 2.72. The van der Waals surface area contributed by atoms with E-state index in [0.717, 1.165) is 6.42 Å². The fraction of sp³-hybridized carbons (Fsp3) is 0.529. The Morgan fingerprint density at radius 2 is 1.94 bits per heavy atom. The largest absolute Gasteiger partial charge is 0.0885 e. The van der Waals surface area contributed by atoms with Crippen molar-refractivity contribution in [3.8, 4) is 0 Å². The quantitative estimate of drug-likeness (QED) is 0.655. The molecule has 1 aliphatic carbocycles. The SMILES string of the molecule is CC/C=C\C(C)Cc1ccc2c(c1)CCCC2. The van der Waals surface area contributed by atoms with E-state index in [2.05, 4.69) is 44.2 Å². The van der Waals surface area contributed by atoms with Gasteiger partial charge >= 0.3 is 0 Å². The van der Waals surface area contributed by atoms with E-state index in [1.54, 1.807) is 11.1 Å². The number of aryl methyl sites for hydroxylation is 2. The highest BCUT2D eigenvalue weighted by Gasteiger charge is 2.10. The molecule has 2 rings (SSSR count). The molecular weight excluding hydrogens is 204 g/mol. The molecule has 0 saturated heterocycles. The van der Waals surface area contributed by atoms with Crippen molar-refractivity contribution in [1.29, 1.82) is 0 Å². The van der Waals surface area contributed by atoms with Gasteiger partial charge in [-0.25, -0.2) is 0 Å². The van der Waals surface area contributed by atoms with Gasteiger partial charge in [-0.1, -0.05) is 44.2 Å². The lowest BCUT2D eigenvalue weighted by molar-refractivity contribution is 0.678. The Balaban J connectivity index is 2.04. The lowest BCUT2D eigenvalue weighted by atomic mass is 9.88. The molecule has 0 N–H and O–H groups in total. The number of benzene rings is 1. The molecule has 0 fully saturated rings. The van der Waals surface area contributed by atoms with Crippen molar-refractivity contribution in [2.45, 2.75) is 52.4 Å². The van der Waals surface area contributed by atoms with Crippen LogP contribution in [0.4, 0.5) is 0 Å². The number of hydrogen-bond acceptors (Lipinski definition) is 0. The van der Waals surface area contributed by atoms with Gasteiger partial charge in [-0.2, -0.15) is 0 Å². The summed E-state index contributed by atoms with van der Waals surface area (Å²) in [6.07, 6.45) is 12.3. The number of fused-ring (bicyclic) bond motifs is 1. The lowest BCUT2D eigenvalue weighted by Crippen LogP contribution is -2.04. The molecule has 1 aromatic carbocycles. The van der Waals surface area contributed by atoms with Crippen LogP contribution in [0.25, 0.3) is 0 Å². The second-order valence-electron chi connectivity index (χ2n) is 5.33. The molecular formula is C17H24. The highest BCUT2D eigenvalue weighted by molar-refractivity contribution is 5.34. The van der Waals surface area contributed by atoms with Gasteiger partial charge in [0.15, 0.2) is 0 Å².